The van der Waals surface area contributed by atoms with E-state index in [4.69, 9.17) is 4.74 Å². The lowest BCUT2D eigenvalue weighted by Gasteiger charge is -1.96. The minimum absolute atomic E-state index is 0.573. The van der Waals surface area contributed by atoms with Crippen molar-refractivity contribution in [2.45, 2.75) is 18.9 Å². The third kappa shape index (κ3) is 0.715. The summed E-state index contributed by atoms with van der Waals surface area (Å²) in [5.41, 5.74) is 0. The largest absolute Gasteiger partial charge is 0.381 e. The van der Waals surface area contributed by atoms with Gasteiger partial charge in [0, 0.05) is 13.0 Å². The van der Waals surface area contributed by atoms with E-state index in [2.05, 4.69) is 12.2 Å². The fraction of sp³-hybridized carbons (Fsp3) is 0.750. The Hall–Kier alpha value is -0.300. The molecule has 1 fully saturated rings. The Kier molecular flexibility index (Phi) is 1.12. The number of methoxy groups -OCH3 is 1. The van der Waals surface area contributed by atoms with Gasteiger partial charge in [0.2, 0.25) is 0 Å². The topological polar surface area (TPSA) is 9.23 Å². The first-order valence-electron chi connectivity index (χ1n) is 3.63. The number of hydrogen-bond acceptors (Lipinski definition) is 1. The highest BCUT2D eigenvalue weighted by molar-refractivity contribution is 5.13. The van der Waals surface area contributed by atoms with E-state index in [-0.39, 0.29) is 0 Å². The van der Waals surface area contributed by atoms with Gasteiger partial charge in [0.05, 0.1) is 6.10 Å². The summed E-state index contributed by atoms with van der Waals surface area (Å²) < 4.78 is 5.26. The summed E-state index contributed by atoms with van der Waals surface area (Å²) in [6.45, 7) is 0. The second-order valence-electron chi connectivity index (χ2n) is 2.95. The van der Waals surface area contributed by atoms with Crippen molar-refractivity contribution in [1.82, 2.24) is 0 Å². The lowest BCUT2D eigenvalue weighted by Crippen LogP contribution is -1.89. The van der Waals surface area contributed by atoms with Crippen LogP contribution in [0.25, 0.3) is 0 Å². The van der Waals surface area contributed by atoms with Gasteiger partial charge in [-0.05, 0) is 18.8 Å². The maximum Gasteiger partial charge on any atom is 0.0672 e. The normalized spacial score (nSPS) is 46.6. The summed E-state index contributed by atoms with van der Waals surface area (Å²) in [5, 5.41) is 0. The molecule has 2 aliphatic carbocycles. The molecule has 0 amide bonds. The Balaban J connectivity index is 2.02. The molecule has 1 heteroatoms. The average molecular weight is 124 g/mol. The van der Waals surface area contributed by atoms with Crippen LogP contribution in [0.5, 0.6) is 0 Å². The number of hydrogen-bond donors (Lipinski definition) is 0. The smallest absolute Gasteiger partial charge is 0.0672 e. The monoisotopic (exact) mass is 124 g/mol. The van der Waals surface area contributed by atoms with E-state index in [0.29, 0.717) is 6.10 Å². The lowest BCUT2D eigenvalue weighted by molar-refractivity contribution is 0.163. The molecule has 1 nitrogen and oxygen atoms in total. The first-order valence-corrected chi connectivity index (χ1v) is 3.63. The Bertz CT molecular complexity index is 136. The maximum absolute atomic E-state index is 5.26. The molecule has 1 saturated carbocycles. The molecule has 0 unspecified atom stereocenters. The Morgan fingerprint density at radius 3 is 3.00 bits per heavy atom. The first kappa shape index (κ1) is 5.48. The van der Waals surface area contributed by atoms with E-state index < -0.39 is 0 Å². The molecule has 0 aliphatic heterocycles. The third-order valence-electron chi connectivity index (χ3n) is 2.45. The van der Waals surface area contributed by atoms with Gasteiger partial charge in [-0.15, -0.1) is 0 Å². The highest BCUT2D eigenvalue weighted by Crippen LogP contribution is 2.48. The van der Waals surface area contributed by atoms with E-state index in [9.17, 15) is 0 Å². The SMILES string of the molecule is CO[C@@H]1[C@@H]2C=CCC[C@@H]21. The van der Waals surface area contributed by atoms with Crippen LogP contribution in [0.3, 0.4) is 0 Å². The Morgan fingerprint density at radius 2 is 2.44 bits per heavy atom. The molecule has 2 aliphatic rings. The van der Waals surface area contributed by atoms with Crippen LogP contribution in [0.1, 0.15) is 12.8 Å². The summed E-state index contributed by atoms with van der Waals surface area (Å²) >= 11 is 0. The van der Waals surface area contributed by atoms with Crippen LogP contribution < -0.4 is 0 Å². The highest BCUT2D eigenvalue weighted by atomic mass is 16.5. The lowest BCUT2D eigenvalue weighted by atomic mass is 10.1. The quantitative estimate of drug-likeness (QED) is 0.482. The molecule has 2 rings (SSSR count). The van der Waals surface area contributed by atoms with Crippen LogP contribution in [0, 0.1) is 11.8 Å². The summed E-state index contributed by atoms with van der Waals surface area (Å²) in [6, 6.07) is 0. The average Bonchev–Trinajstić information content (AvgIpc) is 2.60. The van der Waals surface area contributed by atoms with E-state index in [1.807, 2.05) is 7.11 Å². The van der Waals surface area contributed by atoms with Crippen molar-refractivity contribution in [3.63, 3.8) is 0 Å². The number of allylic oxidation sites excluding steroid dienone is 1. The minimum Gasteiger partial charge on any atom is -0.381 e. The van der Waals surface area contributed by atoms with Crippen LogP contribution in [0.4, 0.5) is 0 Å². The van der Waals surface area contributed by atoms with Gasteiger partial charge in [-0.25, -0.2) is 0 Å². The summed E-state index contributed by atoms with van der Waals surface area (Å²) in [6.07, 6.45) is 7.77. The summed E-state index contributed by atoms with van der Waals surface area (Å²) in [5.74, 6) is 1.66. The highest BCUT2D eigenvalue weighted by Gasteiger charge is 2.49. The molecule has 9 heavy (non-hydrogen) atoms. The molecule has 3 atom stereocenters. The molecule has 0 spiro atoms. The zero-order chi connectivity index (χ0) is 6.27. The fourth-order valence-electron chi connectivity index (χ4n) is 1.85. The van der Waals surface area contributed by atoms with E-state index >= 15 is 0 Å². The predicted molar refractivity (Wildman–Crippen MR) is 36.2 cm³/mol. The first-order chi connectivity index (χ1) is 4.43. The van der Waals surface area contributed by atoms with Gasteiger partial charge in [0.15, 0.2) is 0 Å². The molecule has 0 N–H and O–H groups in total. The van der Waals surface area contributed by atoms with Crippen molar-refractivity contribution in [3.8, 4) is 0 Å². The second kappa shape index (κ2) is 1.84. The molecule has 0 bridgehead atoms. The van der Waals surface area contributed by atoms with Crippen molar-refractivity contribution in [1.29, 1.82) is 0 Å². The number of ether oxygens (including phenoxy) is 1. The maximum atomic E-state index is 5.26. The van der Waals surface area contributed by atoms with Gasteiger partial charge in [-0.3, -0.25) is 0 Å². The Morgan fingerprint density at radius 1 is 1.56 bits per heavy atom. The molecular weight excluding hydrogens is 112 g/mol. The van der Waals surface area contributed by atoms with E-state index in [0.717, 1.165) is 11.8 Å². The molecular formula is C8H12O. The van der Waals surface area contributed by atoms with Crippen LogP contribution in [-0.4, -0.2) is 13.2 Å². The van der Waals surface area contributed by atoms with Crippen molar-refractivity contribution in [2.75, 3.05) is 7.11 Å². The van der Waals surface area contributed by atoms with Gasteiger partial charge in [0.25, 0.3) is 0 Å². The molecule has 0 radical (unpaired) electrons. The van der Waals surface area contributed by atoms with Gasteiger partial charge >= 0.3 is 0 Å². The van der Waals surface area contributed by atoms with Crippen LogP contribution in [-0.2, 0) is 4.74 Å². The molecule has 0 aromatic heterocycles. The van der Waals surface area contributed by atoms with Crippen molar-refractivity contribution < 1.29 is 4.74 Å². The van der Waals surface area contributed by atoms with Crippen molar-refractivity contribution >= 4 is 0 Å². The molecule has 0 heterocycles. The second-order valence-corrected chi connectivity index (χ2v) is 2.95. The zero-order valence-electron chi connectivity index (χ0n) is 5.71. The van der Waals surface area contributed by atoms with Gasteiger partial charge in [-0.1, -0.05) is 12.2 Å². The van der Waals surface area contributed by atoms with Gasteiger partial charge in [0.1, 0.15) is 0 Å². The third-order valence-corrected chi connectivity index (χ3v) is 2.45. The standard InChI is InChI=1S/C8H12O/c1-9-8-6-4-2-3-5-7(6)8/h2,4,6-8H,3,5H2,1H3/t6-,7+,8-/m1/s1. The molecule has 0 aromatic rings. The van der Waals surface area contributed by atoms with Crippen LogP contribution in [0.2, 0.25) is 0 Å². The molecule has 50 valence electrons. The Labute approximate surface area is 55.7 Å². The van der Waals surface area contributed by atoms with Crippen molar-refractivity contribution in [3.05, 3.63) is 12.2 Å². The molecule has 0 aromatic carbocycles. The minimum atomic E-state index is 0.573. The van der Waals surface area contributed by atoms with Gasteiger partial charge in [-0.2, -0.15) is 0 Å². The number of fused-ring (bicyclic) bond motifs is 1. The van der Waals surface area contributed by atoms with Crippen LogP contribution >= 0.6 is 0 Å². The fourth-order valence-corrected chi connectivity index (χ4v) is 1.85. The van der Waals surface area contributed by atoms with Gasteiger partial charge < -0.3 is 4.74 Å². The van der Waals surface area contributed by atoms with Crippen molar-refractivity contribution in [2.24, 2.45) is 11.8 Å². The molecule has 0 saturated heterocycles. The van der Waals surface area contributed by atoms with E-state index in [1.54, 1.807) is 0 Å². The zero-order valence-corrected chi connectivity index (χ0v) is 5.71. The van der Waals surface area contributed by atoms with Crippen LogP contribution in [0.15, 0.2) is 12.2 Å². The van der Waals surface area contributed by atoms with E-state index in [1.165, 1.54) is 12.8 Å². The predicted octanol–water partition coefficient (Wildman–Crippen LogP) is 1.60. The number of rotatable bonds is 1. The summed E-state index contributed by atoms with van der Waals surface area (Å²) in [7, 11) is 1.82. The summed E-state index contributed by atoms with van der Waals surface area (Å²) in [4.78, 5) is 0.